The van der Waals surface area contributed by atoms with Gasteiger partial charge >= 0.3 is 0 Å². The molecule has 1 aliphatic heterocycles. The third-order valence-electron chi connectivity index (χ3n) is 2.74. The average molecular weight is 278 g/mol. The van der Waals surface area contributed by atoms with E-state index in [1.165, 1.54) is 0 Å². The van der Waals surface area contributed by atoms with Gasteiger partial charge in [0.2, 0.25) is 0 Å². The van der Waals surface area contributed by atoms with Crippen LogP contribution < -0.4 is 10.6 Å². The van der Waals surface area contributed by atoms with E-state index in [0.717, 1.165) is 35.4 Å². The summed E-state index contributed by atoms with van der Waals surface area (Å²) in [5.74, 6) is 1.66. The summed E-state index contributed by atoms with van der Waals surface area (Å²) in [5.41, 5.74) is 0.918. The van der Waals surface area contributed by atoms with Crippen LogP contribution in [0.25, 0.3) is 0 Å². The normalized spacial score (nSPS) is 17.1. The molecule has 0 aromatic carbocycles. The van der Waals surface area contributed by atoms with Crippen molar-refractivity contribution in [2.75, 3.05) is 29.6 Å². The van der Waals surface area contributed by atoms with Crippen LogP contribution in [0.2, 0.25) is 0 Å². The molecule has 0 saturated carbocycles. The number of rotatable bonds is 5. The minimum absolute atomic E-state index is 0.0981. The minimum atomic E-state index is 0.0981. The number of carbonyl (C=O) groups excluding carboxylic acids is 1. The van der Waals surface area contributed by atoms with E-state index in [9.17, 15) is 4.79 Å². The van der Waals surface area contributed by atoms with Gasteiger partial charge in [-0.2, -0.15) is 0 Å². The summed E-state index contributed by atoms with van der Waals surface area (Å²) in [6.07, 6.45) is 3.51. The first-order chi connectivity index (χ1) is 9.24. The van der Waals surface area contributed by atoms with Crippen molar-refractivity contribution in [2.24, 2.45) is 0 Å². The molecule has 19 heavy (non-hydrogen) atoms. The van der Waals surface area contributed by atoms with Gasteiger partial charge in [0.05, 0.1) is 10.8 Å². The van der Waals surface area contributed by atoms with E-state index in [0.29, 0.717) is 0 Å². The zero-order valence-corrected chi connectivity index (χ0v) is 12.0. The zero-order valence-electron chi connectivity index (χ0n) is 11.1. The van der Waals surface area contributed by atoms with Gasteiger partial charge in [-0.1, -0.05) is 11.8 Å². The maximum Gasteiger partial charge on any atom is 0.262 e. The van der Waals surface area contributed by atoms with E-state index in [4.69, 9.17) is 0 Å². The first-order valence-corrected chi connectivity index (χ1v) is 7.31. The summed E-state index contributed by atoms with van der Waals surface area (Å²) in [6, 6.07) is 3.79. The van der Waals surface area contributed by atoms with Crippen LogP contribution in [0.3, 0.4) is 0 Å². The fraction of sp³-hybridized carbons (Fsp3) is 0.385. The lowest BCUT2D eigenvalue weighted by atomic mass is 10.4. The lowest BCUT2D eigenvalue weighted by molar-refractivity contribution is -0.124. The number of amides is 1. The van der Waals surface area contributed by atoms with Crippen LogP contribution in [-0.4, -0.2) is 34.8 Å². The molecule has 102 valence electrons. The Morgan fingerprint density at radius 2 is 2.37 bits per heavy atom. The van der Waals surface area contributed by atoms with Gasteiger partial charge in [-0.05, 0) is 19.9 Å². The first kappa shape index (κ1) is 13.7. The van der Waals surface area contributed by atoms with Gasteiger partial charge in [0.1, 0.15) is 5.82 Å². The van der Waals surface area contributed by atoms with Crippen molar-refractivity contribution in [3.8, 4) is 0 Å². The van der Waals surface area contributed by atoms with E-state index < -0.39 is 0 Å². The van der Waals surface area contributed by atoms with Crippen molar-refractivity contribution in [2.45, 2.75) is 13.8 Å². The Morgan fingerprint density at radius 1 is 1.53 bits per heavy atom. The molecule has 2 N–H and O–H groups in total. The maximum atomic E-state index is 11.9. The summed E-state index contributed by atoms with van der Waals surface area (Å²) in [6.45, 7) is 5.59. The molecule has 2 rings (SSSR count). The minimum Gasteiger partial charge on any atom is -0.370 e. The Bertz CT molecular complexity index is 489. The molecule has 0 unspecified atom stereocenters. The van der Waals surface area contributed by atoms with Crippen molar-refractivity contribution < 1.29 is 4.79 Å². The monoisotopic (exact) mass is 278 g/mol. The highest BCUT2D eigenvalue weighted by molar-refractivity contribution is 8.04. The Labute approximate surface area is 117 Å². The number of anilines is 2. The molecule has 1 aromatic rings. The number of pyridine rings is 1. The third-order valence-corrected chi connectivity index (χ3v) is 3.79. The zero-order chi connectivity index (χ0) is 13.7. The molecule has 1 aromatic heterocycles. The molecule has 1 aliphatic rings. The third kappa shape index (κ3) is 3.41. The predicted octanol–water partition coefficient (Wildman–Crippen LogP) is 2.32. The second kappa shape index (κ2) is 6.47. The number of nitrogens with one attached hydrogen (secondary N) is 2. The van der Waals surface area contributed by atoms with Gasteiger partial charge < -0.3 is 15.5 Å². The fourth-order valence-electron chi connectivity index (χ4n) is 1.71. The Morgan fingerprint density at radius 3 is 3.05 bits per heavy atom. The van der Waals surface area contributed by atoms with Crippen LogP contribution in [0.5, 0.6) is 0 Å². The topological polar surface area (TPSA) is 57.3 Å². The van der Waals surface area contributed by atoms with Gasteiger partial charge in [-0.3, -0.25) is 4.79 Å². The SMILES string of the molecule is CCNc1cc(NC=C2SCN(CC)C2=O)ccn1. The second-order valence-electron chi connectivity index (χ2n) is 4.05. The highest BCUT2D eigenvalue weighted by atomic mass is 32.2. The summed E-state index contributed by atoms with van der Waals surface area (Å²) < 4.78 is 0. The molecular formula is C13H18N4OS. The predicted molar refractivity (Wildman–Crippen MR) is 80.0 cm³/mol. The molecule has 0 radical (unpaired) electrons. The van der Waals surface area contributed by atoms with Crippen LogP contribution >= 0.6 is 11.8 Å². The van der Waals surface area contributed by atoms with Crippen LogP contribution in [0.15, 0.2) is 29.4 Å². The first-order valence-electron chi connectivity index (χ1n) is 6.33. The largest absolute Gasteiger partial charge is 0.370 e. The quantitative estimate of drug-likeness (QED) is 0.810. The van der Waals surface area contributed by atoms with Crippen molar-refractivity contribution >= 4 is 29.2 Å². The van der Waals surface area contributed by atoms with Gasteiger partial charge in [0, 0.05) is 37.2 Å². The van der Waals surface area contributed by atoms with Crippen LogP contribution in [0.4, 0.5) is 11.5 Å². The van der Waals surface area contributed by atoms with E-state index in [-0.39, 0.29) is 5.91 Å². The second-order valence-corrected chi connectivity index (χ2v) is 5.03. The lowest BCUT2D eigenvalue weighted by Gasteiger charge is -2.09. The number of carbonyl (C=O) groups is 1. The number of nitrogens with zero attached hydrogens (tertiary/aromatic N) is 2. The van der Waals surface area contributed by atoms with Gasteiger partial charge in [0.15, 0.2) is 0 Å². The van der Waals surface area contributed by atoms with E-state index >= 15 is 0 Å². The van der Waals surface area contributed by atoms with Crippen LogP contribution in [0.1, 0.15) is 13.8 Å². The van der Waals surface area contributed by atoms with Crippen molar-refractivity contribution in [1.82, 2.24) is 9.88 Å². The molecule has 0 bridgehead atoms. The fourth-order valence-corrected chi connectivity index (χ4v) is 2.70. The number of hydrogen-bond acceptors (Lipinski definition) is 5. The van der Waals surface area contributed by atoms with E-state index in [1.807, 2.05) is 30.9 Å². The number of aromatic nitrogens is 1. The molecule has 0 aliphatic carbocycles. The summed E-state index contributed by atoms with van der Waals surface area (Å²) >= 11 is 1.56. The molecule has 0 atom stereocenters. The van der Waals surface area contributed by atoms with Gasteiger partial charge in [0.25, 0.3) is 5.91 Å². The summed E-state index contributed by atoms with van der Waals surface area (Å²) in [5, 5.41) is 6.30. The standard InChI is InChI=1S/C13H18N4OS/c1-3-14-12-7-10(5-6-15-12)16-8-11-13(18)17(4-2)9-19-11/h5-8H,3-4,9H2,1-2H3,(H2,14,15,16). The Kier molecular flexibility index (Phi) is 4.68. The summed E-state index contributed by atoms with van der Waals surface area (Å²) in [4.78, 5) is 18.7. The lowest BCUT2D eigenvalue weighted by Crippen LogP contribution is -2.24. The number of hydrogen-bond donors (Lipinski definition) is 2. The number of thioether (sulfide) groups is 1. The molecule has 5 nitrogen and oxygen atoms in total. The van der Waals surface area contributed by atoms with E-state index in [1.54, 1.807) is 24.2 Å². The molecule has 0 spiro atoms. The summed E-state index contributed by atoms with van der Waals surface area (Å²) in [7, 11) is 0. The average Bonchev–Trinajstić information content (AvgIpc) is 2.78. The molecule has 1 saturated heterocycles. The molecule has 1 fully saturated rings. The van der Waals surface area contributed by atoms with Gasteiger partial charge in [-0.25, -0.2) is 4.98 Å². The smallest absolute Gasteiger partial charge is 0.262 e. The Balaban J connectivity index is 2.02. The highest BCUT2D eigenvalue weighted by Gasteiger charge is 2.24. The molecular weight excluding hydrogens is 260 g/mol. The van der Waals surface area contributed by atoms with Crippen LogP contribution in [0, 0.1) is 0 Å². The van der Waals surface area contributed by atoms with Crippen molar-refractivity contribution in [1.29, 1.82) is 0 Å². The van der Waals surface area contributed by atoms with E-state index in [2.05, 4.69) is 15.6 Å². The molecule has 2 heterocycles. The number of likely N-dealkylation sites (N-methyl/N-ethyl adjacent to an activating group) is 1. The van der Waals surface area contributed by atoms with Gasteiger partial charge in [-0.15, -0.1) is 0 Å². The van der Waals surface area contributed by atoms with Crippen molar-refractivity contribution in [3.05, 3.63) is 29.4 Å². The molecule has 1 amide bonds. The maximum absolute atomic E-state index is 11.9. The van der Waals surface area contributed by atoms with Crippen LogP contribution in [-0.2, 0) is 4.79 Å². The highest BCUT2D eigenvalue weighted by Crippen LogP contribution is 2.27. The Hall–Kier alpha value is -1.69. The van der Waals surface area contributed by atoms with Crippen molar-refractivity contribution in [3.63, 3.8) is 0 Å². The molecule has 6 heteroatoms.